The summed E-state index contributed by atoms with van der Waals surface area (Å²) in [6.45, 7) is 1.96. The van der Waals surface area contributed by atoms with Gasteiger partial charge in [0.2, 0.25) is 0 Å². The fraction of sp³-hybridized carbons (Fsp3) is 0.667. The molecule has 90 valence electrons. The van der Waals surface area contributed by atoms with Crippen LogP contribution in [0.2, 0.25) is 0 Å². The Labute approximate surface area is 95.0 Å². The number of carboxylic acids is 2. The van der Waals surface area contributed by atoms with Gasteiger partial charge in [0.05, 0.1) is 11.8 Å². The Kier molecular flexibility index (Phi) is 4.52. The van der Waals surface area contributed by atoms with E-state index in [2.05, 4.69) is 0 Å². The van der Waals surface area contributed by atoms with Gasteiger partial charge in [-0.15, -0.1) is 0 Å². The molecule has 4 heteroatoms. The lowest BCUT2D eigenvalue weighted by Gasteiger charge is -2.11. The molecule has 0 saturated heterocycles. The zero-order valence-corrected chi connectivity index (χ0v) is 9.43. The molecule has 2 N–H and O–H groups in total. The highest BCUT2D eigenvalue weighted by molar-refractivity contribution is 5.73. The van der Waals surface area contributed by atoms with E-state index in [4.69, 9.17) is 10.2 Å². The molecule has 0 bridgehead atoms. The maximum absolute atomic E-state index is 10.3. The third-order valence-corrected chi connectivity index (χ3v) is 3.04. The molecule has 16 heavy (non-hydrogen) atoms. The number of hydrogen-bond donors (Lipinski definition) is 2. The van der Waals surface area contributed by atoms with Crippen LogP contribution in [0.5, 0.6) is 0 Å². The number of allylic oxidation sites excluding steroid dienone is 2. The summed E-state index contributed by atoms with van der Waals surface area (Å²) in [6.07, 6.45) is 7.33. The van der Waals surface area contributed by atoms with E-state index in [0.717, 1.165) is 25.7 Å². The van der Waals surface area contributed by atoms with E-state index in [1.807, 2.05) is 19.1 Å². The molecule has 3 atom stereocenters. The van der Waals surface area contributed by atoms with Crippen molar-refractivity contribution in [2.75, 3.05) is 0 Å². The Morgan fingerprint density at radius 1 is 1.19 bits per heavy atom. The van der Waals surface area contributed by atoms with Crippen molar-refractivity contribution in [1.82, 2.24) is 0 Å². The van der Waals surface area contributed by atoms with Crippen LogP contribution in [0, 0.1) is 17.8 Å². The van der Waals surface area contributed by atoms with E-state index in [-0.39, 0.29) is 11.8 Å². The second-order valence-corrected chi connectivity index (χ2v) is 4.48. The highest BCUT2D eigenvalue weighted by Crippen LogP contribution is 2.37. The zero-order valence-electron chi connectivity index (χ0n) is 9.43. The lowest BCUT2D eigenvalue weighted by molar-refractivity contribution is -0.142. The molecule has 1 fully saturated rings. The van der Waals surface area contributed by atoms with Crippen molar-refractivity contribution < 1.29 is 19.8 Å². The predicted octanol–water partition coefficient (Wildman–Crippen LogP) is 2.15. The number of rotatable bonds is 2. The van der Waals surface area contributed by atoms with E-state index < -0.39 is 11.9 Å². The lowest BCUT2D eigenvalue weighted by Crippen LogP contribution is -2.13. The number of carbonyl (C=O) groups is 2. The third-order valence-electron chi connectivity index (χ3n) is 3.04. The molecule has 0 aromatic rings. The molecule has 1 saturated carbocycles. The van der Waals surface area contributed by atoms with Gasteiger partial charge >= 0.3 is 11.9 Å². The maximum atomic E-state index is 10.3. The molecule has 0 spiro atoms. The predicted molar refractivity (Wildman–Crippen MR) is 59.0 cm³/mol. The molecule has 4 nitrogen and oxygen atoms in total. The second-order valence-electron chi connectivity index (χ2n) is 4.48. The van der Waals surface area contributed by atoms with Gasteiger partial charge < -0.3 is 10.2 Å². The van der Waals surface area contributed by atoms with Crippen LogP contribution in [0.15, 0.2) is 12.2 Å². The van der Waals surface area contributed by atoms with Crippen molar-refractivity contribution >= 4 is 11.9 Å². The molecule has 0 aliphatic heterocycles. The molecule has 0 aromatic heterocycles. The molecule has 0 radical (unpaired) electrons. The Morgan fingerprint density at radius 2 is 1.81 bits per heavy atom. The van der Waals surface area contributed by atoms with Gasteiger partial charge in [-0.2, -0.15) is 0 Å². The van der Waals surface area contributed by atoms with Crippen LogP contribution in [0.3, 0.4) is 0 Å². The van der Waals surface area contributed by atoms with Crippen LogP contribution in [0.25, 0.3) is 0 Å². The molecule has 0 aromatic carbocycles. The van der Waals surface area contributed by atoms with Crippen molar-refractivity contribution in [1.29, 1.82) is 0 Å². The molecule has 2 aliphatic carbocycles. The standard InChI is InChI=1S/C7H10O2.C5H8O2/c8-7(9)6-4-2-1-3-5-6;1-3-2-4(3)5(6)7/h1-2,6H,3-5H2,(H,8,9);3-4H,2H2,1H3,(H,6,7). The van der Waals surface area contributed by atoms with Gasteiger partial charge in [-0.05, 0) is 31.6 Å². The average molecular weight is 226 g/mol. The van der Waals surface area contributed by atoms with Gasteiger partial charge in [0.1, 0.15) is 0 Å². The maximum Gasteiger partial charge on any atom is 0.306 e. The molecule has 3 unspecified atom stereocenters. The average Bonchev–Trinajstić information content (AvgIpc) is 2.98. The topological polar surface area (TPSA) is 74.6 Å². The number of carboxylic acid groups (broad SMARTS) is 2. The Balaban J connectivity index is 0.000000165. The van der Waals surface area contributed by atoms with Crippen molar-refractivity contribution in [3.05, 3.63) is 12.2 Å². The van der Waals surface area contributed by atoms with Crippen molar-refractivity contribution in [2.24, 2.45) is 17.8 Å². The quantitative estimate of drug-likeness (QED) is 0.707. The van der Waals surface area contributed by atoms with Gasteiger partial charge in [0.25, 0.3) is 0 Å². The summed E-state index contributed by atoms with van der Waals surface area (Å²) < 4.78 is 0. The minimum atomic E-state index is -0.653. The summed E-state index contributed by atoms with van der Waals surface area (Å²) in [4.78, 5) is 20.3. The van der Waals surface area contributed by atoms with E-state index in [9.17, 15) is 9.59 Å². The first kappa shape index (κ1) is 12.7. The molecular formula is C12H18O4. The van der Waals surface area contributed by atoms with Gasteiger partial charge in [-0.3, -0.25) is 9.59 Å². The smallest absolute Gasteiger partial charge is 0.306 e. The van der Waals surface area contributed by atoms with Crippen LogP contribution in [0.1, 0.15) is 32.6 Å². The second kappa shape index (κ2) is 5.68. The first-order valence-corrected chi connectivity index (χ1v) is 5.63. The minimum Gasteiger partial charge on any atom is -0.481 e. The largest absolute Gasteiger partial charge is 0.481 e. The van der Waals surface area contributed by atoms with Gasteiger partial charge in [-0.25, -0.2) is 0 Å². The fourth-order valence-corrected chi connectivity index (χ4v) is 1.68. The Bertz CT molecular complexity index is 295. The van der Waals surface area contributed by atoms with Crippen LogP contribution in [0.4, 0.5) is 0 Å². The van der Waals surface area contributed by atoms with E-state index in [1.165, 1.54) is 0 Å². The summed E-state index contributed by atoms with van der Waals surface area (Å²) in [5.74, 6) is -0.973. The molecule has 2 aliphatic rings. The van der Waals surface area contributed by atoms with Crippen molar-refractivity contribution in [3.63, 3.8) is 0 Å². The van der Waals surface area contributed by atoms with E-state index in [1.54, 1.807) is 0 Å². The van der Waals surface area contributed by atoms with Crippen molar-refractivity contribution in [2.45, 2.75) is 32.6 Å². The first-order chi connectivity index (χ1) is 7.52. The Morgan fingerprint density at radius 3 is 2.00 bits per heavy atom. The van der Waals surface area contributed by atoms with Gasteiger partial charge in [0, 0.05) is 0 Å². The summed E-state index contributed by atoms with van der Waals surface area (Å²) in [5, 5.41) is 16.7. The summed E-state index contributed by atoms with van der Waals surface area (Å²) in [6, 6.07) is 0. The van der Waals surface area contributed by atoms with Crippen LogP contribution >= 0.6 is 0 Å². The normalized spacial score (nSPS) is 31.2. The third kappa shape index (κ3) is 4.04. The van der Waals surface area contributed by atoms with E-state index in [0.29, 0.717) is 5.92 Å². The summed E-state index contributed by atoms with van der Waals surface area (Å²) >= 11 is 0. The highest BCUT2D eigenvalue weighted by atomic mass is 16.4. The van der Waals surface area contributed by atoms with Gasteiger partial charge in [0.15, 0.2) is 0 Å². The van der Waals surface area contributed by atoms with Crippen LogP contribution < -0.4 is 0 Å². The number of hydrogen-bond acceptors (Lipinski definition) is 2. The zero-order chi connectivity index (χ0) is 12.1. The molecular weight excluding hydrogens is 208 g/mol. The van der Waals surface area contributed by atoms with Crippen LogP contribution in [-0.4, -0.2) is 22.2 Å². The monoisotopic (exact) mass is 226 g/mol. The van der Waals surface area contributed by atoms with Gasteiger partial charge in [-0.1, -0.05) is 19.1 Å². The number of aliphatic carboxylic acids is 2. The summed E-state index contributed by atoms with van der Waals surface area (Å²) in [5.41, 5.74) is 0. The lowest BCUT2D eigenvalue weighted by atomic mass is 9.95. The highest BCUT2D eigenvalue weighted by Gasteiger charge is 2.38. The SMILES string of the molecule is CC1CC1C(=O)O.O=C(O)C1CC=CCC1. The molecule has 0 heterocycles. The van der Waals surface area contributed by atoms with Crippen LogP contribution in [-0.2, 0) is 9.59 Å². The first-order valence-electron chi connectivity index (χ1n) is 5.63. The Hall–Kier alpha value is -1.32. The minimum absolute atomic E-state index is 0.0139. The summed E-state index contributed by atoms with van der Waals surface area (Å²) in [7, 11) is 0. The fourth-order valence-electron chi connectivity index (χ4n) is 1.68. The van der Waals surface area contributed by atoms with E-state index >= 15 is 0 Å². The van der Waals surface area contributed by atoms with Crippen molar-refractivity contribution in [3.8, 4) is 0 Å². The molecule has 0 amide bonds. The molecule has 2 rings (SSSR count).